The fraction of sp³-hybridized carbons (Fsp3) is 0.375. The van der Waals surface area contributed by atoms with Gasteiger partial charge in [0.2, 0.25) is 0 Å². The van der Waals surface area contributed by atoms with Crippen LogP contribution in [0, 0.1) is 6.92 Å². The van der Waals surface area contributed by atoms with Crippen LogP contribution in [0.25, 0.3) is 0 Å². The third-order valence-corrected chi connectivity index (χ3v) is 3.77. The second kappa shape index (κ2) is 6.01. The van der Waals surface area contributed by atoms with Crippen LogP contribution < -0.4 is 4.90 Å². The molecule has 1 saturated heterocycles. The van der Waals surface area contributed by atoms with Crippen LogP contribution in [0.1, 0.15) is 11.3 Å². The van der Waals surface area contributed by atoms with E-state index in [9.17, 15) is 0 Å². The maximum Gasteiger partial charge on any atom is 0.0400 e. The second-order valence-electron chi connectivity index (χ2n) is 5.27. The zero-order chi connectivity index (χ0) is 13.8. The molecular formula is C16H20N4. The Morgan fingerprint density at radius 1 is 1.00 bits per heavy atom. The van der Waals surface area contributed by atoms with Gasteiger partial charge >= 0.3 is 0 Å². The molecule has 4 heteroatoms. The molecule has 1 aliphatic rings. The van der Waals surface area contributed by atoms with Crippen LogP contribution in [0.3, 0.4) is 0 Å². The number of aromatic nitrogens is 2. The van der Waals surface area contributed by atoms with Crippen molar-refractivity contribution >= 4 is 5.69 Å². The molecule has 0 N–H and O–H groups in total. The number of hydrogen-bond acceptors (Lipinski definition) is 4. The standard InChI is InChI=1S/C16H20N4/c1-14-12-16(4-7-18-14)20-10-8-19(9-11-20)13-15-2-5-17-6-3-15/h2-7,12H,8-11,13H2,1H3. The highest BCUT2D eigenvalue weighted by molar-refractivity contribution is 5.46. The fourth-order valence-corrected chi connectivity index (χ4v) is 2.64. The normalized spacial score (nSPS) is 16.4. The molecule has 0 amide bonds. The molecule has 3 heterocycles. The Morgan fingerprint density at radius 3 is 2.45 bits per heavy atom. The minimum absolute atomic E-state index is 1.02. The summed E-state index contributed by atoms with van der Waals surface area (Å²) in [6.07, 6.45) is 5.63. The highest BCUT2D eigenvalue weighted by Gasteiger charge is 2.17. The van der Waals surface area contributed by atoms with Gasteiger partial charge in [-0.05, 0) is 36.8 Å². The second-order valence-corrected chi connectivity index (χ2v) is 5.27. The van der Waals surface area contributed by atoms with Gasteiger partial charge in [-0.25, -0.2) is 0 Å². The molecule has 0 radical (unpaired) electrons. The summed E-state index contributed by atoms with van der Waals surface area (Å²) >= 11 is 0. The van der Waals surface area contributed by atoms with Gasteiger partial charge in [0.25, 0.3) is 0 Å². The van der Waals surface area contributed by atoms with Crippen molar-refractivity contribution in [3.05, 3.63) is 54.1 Å². The molecule has 20 heavy (non-hydrogen) atoms. The average Bonchev–Trinajstić information content (AvgIpc) is 2.49. The van der Waals surface area contributed by atoms with E-state index in [1.807, 2.05) is 25.5 Å². The molecule has 104 valence electrons. The maximum atomic E-state index is 4.26. The van der Waals surface area contributed by atoms with E-state index in [2.05, 4.69) is 44.0 Å². The van der Waals surface area contributed by atoms with Crippen molar-refractivity contribution in [1.82, 2.24) is 14.9 Å². The zero-order valence-electron chi connectivity index (χ0n) is 11.9. The molecule has 1 aliphatic heterocycles. The first-order valence-electron chi connectivity index (χ1n) is 7.10. The van der Waals surface area contributed by atoms with E-state index in [1.54, 1.807) is 0 Å². The van der Waals surface area contributed by atoms with E-state index < -0.39 is 0 Å². The summed E-state index contributed by atoms with van der Waals surface area (Å²) < 4.78 is 0. The van der Waals surface area contributed by atoms with Gasteiger partial charge in [0.05, 0.1) is 0 Å². The number of hydrogen-bond donors (Lipinski definition) is 0. The third-order valence-electron chi connectivity index (χ3n) is 3.77. The van der Waals surface area contributed by atoms with Crippen LogP contribution in [0.2, 0.25) is 0 Å². The Labute approximate surface area is 120 Å². The molecule has 0 unspecified atom stereocenters. The van der Waals surface area contributed by atoms with Crippen LogP contribution in [-0.4, -0.2) is 41.0 Å². The fourth-order valence-electron chi connectivity index (χ4n) is 2.64. The monoisotopic (exact) mass is 268 g/mol. The van der Waals surface area contributed by atoms with E-state index in [-0.39, 0.29) is 0 Å². The lowest BCUT2D eigenvalue weighted by molar-refractivity contribution is 0.250. The van der Waals surface area contributed by atoms with Gasteiger partial charge in [-0.15, -0.1) is 0 Å². The van der Waals surface area contributed by atoms with Crippen molar-refractivity contribution in [2.24, 2.45) is 0 Å². The highest BCUT2D eigenvalue weighted by Crippen LogP contribution is 2.17. The quantitative estimate of drug-likeness (QED) is 0.853. The lowest BCUT2D eigenvalue weighted by atomic mass is 10.2. The topological polar surface area (TPSA) is 32.3 Å². The molecule has 0 bridgehead atoms. The Hall–Kier alpha value is -1.94. The molecule has 2 aromatic heterocycles. The molecule has 2 aromatic rings. The van der Waals surface area contributed by atoms with E-state index in [1.165, 1.54) is 11.3 Å². The summed E-state index contributed by atoms with van der Waals surface area (Å²) in [4.78, 5) is 13.3. The first-order chi connectivity index (χ1) is 9.81. The number of nitrogens with zero attached hydrogens (tertiary/aromatic N) is 4. The van der Waals surface area contributed by atoms with Crippen LogP contribution in [0.4, 0.5) is 5.69 Å². The molecule has 0 atom stereocenters. The van der Waals surface area contributed by atoms with Gasteiger partial charge in [-0.1, -0.05) is 0 Å². The van der Waals surface area contributed by atoms with Crippen LogP contribution >= 0.6 is 0 Å². The van der Waals surface area contributed by atoms with E-state index in [0.29, 0.717) is 0 Å². The van der Waals surface area contributed by atoms with E-state index in [4.69, 9.17) is 0 Å². The third kappa shape index (κ3) is 3.14. The van der Waals surface area contributed by atoms with Crippen molar-refractivity contribution in [2.45, 2.75) is 13.5 Å². The zero-order valence-corrected chi connectivity index (χ0v) is 11.9. The van der Waals surface area contributed by atoms with E-state index >= 15 is 0 Å². The molecular weight excluding hydrogens is 248 g/mol. The van der Waals surface area contributed by atoms with Gasteiger partial charge in [0.1, 0.15) is 0 Å². The van der Waals surface area contributed by atoms with Crippen molar-refractivity contribution in [2.75, 3.05) is 31.1 Å². The van der Waals surface area contributed by atoms with Crippen molar-refractivity contribution < 1.29 is 0 Å². The van der Waals surface area contributed by atoms with Gasteiger partial charge in [-0.3, -0.25) is 14.9 Å². The number of anilines is 1. The summed E-state index contributed by atoms with van der Waals surface area (Å²) in [6, 6.07) is 8.46. The van der Waals surface area contributed by atoms with Crippen molar-refractivity contribution in [1.29, 1.82) is 0 Å². The Morgan fingerprint density at radius 2 is 1.75 bits per heavy atom. The van der Waals surface area contributed by atoms with E-state index in [0.717, 1.165) is 38.4 Å². The molecule has 0 saturated carbocycles. The van der Waals surface area contributed by atoms with Crippen LogP contribution in [0.15, 0.2) is 42.9 Å². The lowest BCUT2D eigenvalue weighted by Crippen LogP contribution is -2.46. The number of aryl methyl sites for hydroxylation is 1. The largest absolute Gasteiger partial charge is 0.369 e. The first-order valence-corrected chi connectivity index (χ1v) is 7.10. The Bertz CT molecular complexity index is 547. The minimum Gasteiger partial charge on any atom is -0.369 e. The molecule has 0 aliphatic carbocycles. The minimum atomic E-state index is 1.02. The van der Waals surface area contributed by atoms with Crippen LogP contribution in [0.5, 0.6) is 0 Å². The molecule has 0 spiro atoms. The van der Waals surface area contributed by atoms with Crippen molar-refractivity contribution in [3.63, 3.8) is 0 Å². The average molecular weight is 268 g/mol. The predicted octanol–water partition coefficient (Wildman–Crippen LogP) is 2.11. The van der Waals surface area contributed by atoms with Crippen molar-refractivity contribution in [3.8, 4) is 0 Å². The summed E-state index contributed by atoms with van der Waals surface area (Å²) in [7, 11) is 0. The first kappa shape index (κ1) is 13.1. The SMILES string of the molecule is Cc1cc(N2CCN(Cc3ccncc3)CC2)ccn1. The molecule has 1 fully saturated rings. The summed E-state index contributed by atoms with van der Waals surface area (Å²) in [5.41, 5.74) is 3.72. The maximum absolute atomic E-state index is 4.26. The Kier molecular flexibility index (Phi) is 3.92. The van der Waals surface area contributed by atoms with Gasteiger partial charge in [0, 0.05) is 62.7 Å². The van der Waals surface area contributed by atoms with Gasteiger partial charge in [0.15, 0.2) is 0 Å². The van der Waals surface area contributed by atoms with Gasteiger partial charge < -0.3 is 4.90 Å². The van der Waals surface area contributed by atoms with Crippen LogP contribution in [-0.2, 0) is 6.54 Å². The highest BCUT2D eigenvalue weighted by atomic mass is 15.3. The number of pyridine rings is 2. The molecule has 3 rings (SSSR count). The summed E-state index contributed by atoms with van der Waals surface area (Å²) in [5.74, 6) is 0. The number of rotatable bonds is 3. The summed E-state index contributed by atoms with van der Waals surface area (Å²) in [5, 5.41) is 0. The molecule has 0 aromatic carbocycles. The Balaban J connectivity index is 1.57. The summed E-state index contributed by atoms with van der Waals surface area (Å²) in [6.45, 7) is 7.42. The lowest BCUT2D eigenvalue weighted by Gasteiger charge is -2.36. The smallest absolute Gasteiger partial charge is 0.0400 e. The van der Waals surface area contributed by atoms with Gasteiger partial charge in [-0.2, -0.15) is 0 Å². The molecule has 4 nitrogen and oxygen atoms in total. The number of piperazine rings is 1. The predicted molar refractivity (Wildman–Crippen MR) is 80.7 cm³/mol.